The summed E-state index contributed by atoms with van der Waals surface area (Å²) in [5.74, 6) is 1.71. The highest BCUT2D eigenvalue weighted by Crippen LogP contribution is 2.34. The molecular formula is C24H27N5O2. The monoisotopic (exact) mass is 417 g/mol. The quantitative estimate of drug-likeness (QED) is 0.574. The Bertz CT molecular complexity index is 1100. The van der Waals surface area contributed by atoms with E-state index in [9.17, 15) is 0 Å². The second-order valence-corrected chi connectivity index (χ2v) is 8.12. The predicted octanol–water partition coefficient (Wildman–Crippen LogP) is 3.28. The number of nitrogens with zero attached hydrogens (tertiary/aromatic N) is 5. The number of aryl methyl sites for hydroxylation is 1. The number of benzene rings is 2. The SMILES string of the molecule is N#Cc1ccc2c(c1)ncn2CCCCN1CCN(c2ccc3c(c2)OCCO3)CC1. The fourth-order valence-electron chi connectivity index (χ4n) is 4.39. The Hall–Kier alpha value is -3.24. The lowest BCUT2D eigenvalue weighted by atomic mass is 10.2. The summed E-state index contributed by atoms with van der Waals surface area (Å²) in [6.45, 7) is 7.57. The smallest absolute Gasteiger partial charge is 0.163 e. The molecule has 5 rings (SSSR count). The first kappa shape index (κ1) is 19.7. The molecule has 7 nitrogen and oxygen atoms in total. The molecule has 7 heteroatoms. The van der Waals surface area contributed by atoms with Crippen molar-refractivity contribution < 1.29 is 9.47 Å². The number of anilines is 1. The van der Waals surface area contributed by atoms with Gasteiger partial charge in [-0.1, -0.05) is 0 Å². The van der Waals surface area contributed by atoms with Crippen molar-refractivity contribution in [2.45, 2.75) is 19.4 Å². The zero-order chi connectivity index (χ0) is 21.0. The number of hydrogen-bond acceptors (Lipinski definition) is 6. The van der Waals surface area contributed by atoms with Crippen LogP contribution >= 0.6 is 0 Å². The van der Waals surface area contributed by atoms with E-state index in [1.165, 1.54) is 12.1 Å². The topological polar surface area (TPSA) is 66.6 Å². The van der Waals surface area contributed by atoms with Crippen LogP contribution in [-0.2, 0) is 6.54 Å². The largest absolute Gasteiger partial charge is 0.486 e. The number of fused-ring (bicyclic) bond motifs is 2. The third kappa shape index (κ3) is 4.30. The third-order valence-corrected chi connectivity index (χ3v) is 6.14. The minimum absolute atomic E-state index is 0.625. The molecule has 3 heterocycles. The molecule has 2 aliphatic heterocycles. The molecule has 0 N–H and O–H groups in total. The van der Waals surface area contributed by atoms with Gasteiger partial charge in [0.15, 0.2) is 11.5 Å². The summed E-state index contributed by atoms with van der Waals surface area (Å²) in [4.78, 5) is 9.43. The number of rotatable bonds is 6. The number of imidazole rings is 1. The lowest BCUT2D eigenvalue weighted by Gasteiger charge is -2.36. The van der Waals surface area contributed by atoms with Gasteiger partial charge in [-0.25, -0.2) is 4.98 Å². The average molecular weight is 418 g/mol. The molecule has 0 atom stereocenters. The summed E-state index contributed by atoms with van der Waals surface area (Å²) < 4.78 is 13.5. The maximum atomic E-state index is 9.03. The van der Waals surface area contributed by atoms with E-state index in [2.05, 4.69) is 37.6 Å². The Morgan fingerprint density at radius 1 is 0.903 bits per heavy atom. The molecule has 31 heavy (non-hydrogen) atoms. The zero-order valence-electron chi connectivity index (χ0n) is 17.7. The fraction of sp³-hybridized carbons (Fsp3) is 0.417. The normalized spacial score (nSPS) is 16.4. The van der Waals surface area contributed by atoms with Crippen molar-refractivity contribution in [3.8, 4) is 17.6 Å². The maximum absolute atomic E-state index is 9.03. The van der Waals surface area contributed by atoms with Crippen molar-refractivity contribution in [2.75, 3.05) is 50.8 Å². The Kier molecular flexibility index (Phi) is 5.63. The molecule has 0 unspecified atom stereocenters. The second kappa shape index (κ2) is 8.86. The molecule has 1 aromatic heterocycles. The van der Waals surface area contributed by atoms with E-state index < -0.39 is 0 Å². The highest BCUT2D eigenvalue weighted by molar-refractivity contribution is 5.76. The molecule has 2 aliphatic rings. The van der Waals surface area contributed by atoms with E-state index in [1.807, 2.05) is 30.6 Å². The van der Waals surface area contributed by atoms with Gasteiger partial charge in [-0.2, -0.15) is 5.26 Å². The standard InChI is InChI=1S/C24H27N5O2/c25-17-19-3-5-22-21(15-19)26-18-29(22)8-2-1-7-27-9-11-28(12-10-27)20-4-6-23-24(16-20)31-14-13-30-23/h3-6,15-16,18H,1-2,7-14H2. The van der Waals surface area contributed by atoms with Gasteiger partial charge in [0.1, 0.15) is 13.2 Å². The van der Waals surface area contributed by atoms with Crippen LogP contribution in [0.5, 0.6) is 11.5 Å². The van der Waals surface area contributed by atoms with Crippen LogP contribution in [0.2, 0.25) is 0 Å². The highest BCUT2D eigenvalue weighted by atomic mass is 16.6. The van der Waals surface area contributed by atoms with Crippen LogP contribution in [0.15, 0.2) is 42.7 Å². The van der Waals surface area contributed by atoms with Crippen LogP contribution in [0.1, 0.15) is 18.4 Å². The Labute approximate surface area is 182 Å². The number of nitriles is 1. The number of piperazine rings is 1. The minimum Gasteiger partial charge on any atom is -0.486 e. The van der Waals surface area contributed by atoms with Crippen molar-refractivity contribution in [1.29, 1.82) is 5.26 Å². The average Bonchev–Trinajstić information content (AvgIpc) is 3.24. The van der Waals surface area contributed by atoms with Gasteiger partial charge in [-0.05, 0) is 49.7 Å². The van der Waals surface area contributed by atoms with Crippen LogP contribution < -0.4 is 14.4 Å². The number of ether oxygens (including phenoxy) is 2. The van der Waals surface area contributed by atoms with Crippen molar-refractivity contribution in [1.82, 2.24) is 14.5 Å². The van der Waals surface area contributed by atoms with Gasteiger partial charge in [-0.15, -0.1) is 0 Å². The molecular weight excluding hydrogens is 390 g/mol. The number of unbranched alkanes of at least 4 members (excludes halogenated alkanes) is 1. The van der Waals surface area contributed by atoms with Gasteiger partial charge < -0.3 is 18.9 Å². The summed E-state index contributed by atoms with van der Waals surface area (Å²) in [5, 5.41) is 9.03. The van der Waals surface area contributed by atoms with Gasteiger partial charge in [0.05, 0.1) is 29.0 Å². The van der Waals surface area contributed by atoms with Crippen LogP contribution in [-0.4, -0.2) is 60.4 Å². The molecule has 0 saturated carbocycles. The fourth-order valence-corrected chi connectivity index (χ4v) is 4.39. The van der Waals surface area contributed by atoms with Crippen LogP contribution in [0.3, 0.4) is 0 Å². The molecule has 3 aromatic rings. The van der Waals surface area contributed by atoms with Crippen molar-refractivity contribution >= 4 is 16.7 Å². The van der Waals surface area contributed by atoms with Crippen molar-refractivity contribution in [3.63, 3.8) is 0 Å². The molecule has 0 amide bonds. The number of hydrogen-bond donors (Lipinski definition) is 0. The second-order valence-electron chi connectivity index (χ2n) is 8.12. The first-order chi connectivity index (χ1) is 15.3. The van der Waals surface area contributed by atoms with E-state index in [-0.39, 0.29) is 0 Å². The number of aromatic nitrogens is 2. The van der Waals surface area contributed by atoms with Crippen LogP contribution in [0, 0.1) is 11.3 Å². The van der Waals surface area contributed by atoms with E-state index in [0.29, 0.717) is 18.8 Å². The Morgan fingerprint density at radius 3 is 2.55 bits per heavy atom. The minimum atomic E-state index is 0.625. The molecule has 0 aliphatic carbocycles. The van der Waals surface area contributed by atoms with Gasteiger partial charge in [-0.3, -0.25) is 4.90 Å². The van der Waals surface area contributed by atoms with Crippen LogP contribution in [0.4, 0.5) is 5.69 Å². The summed E-state index contributed by atoms with van der Waals surface area (Å²) >= 11 is 0. The lowest BCUT2D eigenvalue weighted by Crippen LogP contribution is -2.46. The van der Waals surface area contributed by atoms with Crippen molar-refractivity contribution in [3.05, 3.63) is 48.3 Å². The molecule has 2 aromatic carbocycles. The van der Waals surface area contributed by atoms with Crippen molar-refractivity contribution in [2.24, 2.45) is 0 Å². The highest BCUT2D eigenvalue weighted by Gasteiger charge is 2.19. The summed E-state index contributed by atoms with van der Waals surface area (Å²) in [7, 11) is 0. The van der Waals surface area contributed by atoms with E-state index >= 15 is 0 Å². The Morgan fingerprint density at radius 2 is 1.71 bits per heavy atom. The van der Waals surface area contributed by atoms with Gasteiger partial charge in [0.2, 0.25) is 0 Å². The summed E-state index contributed by atoms with van der Waals surface area (Å²) in [6.07, 6.45) is 4.17. The van der Waals surface area contributed by atoms with E-state index in [0.717, 1.165) is 68.2 Å². The third-order valence-electron chi connectivity index (χ3n) is 6.14. The van der Waals surface area contributed by atoms with E-state index in [4.69, 9.17) is 14.7 Å². The molecule has 0 radical (unpaired) electrons. The molecule has 1 saturated heterocycles. The molecule has 0 spiro atoms. The predicted molar refractivity (Wildman–Crippen MR) is 120 cm³/mol. The first-order valence-corrected chi connectivity index (χ1v) is 11.0. The zero-order valence-corrected chi connectivity index (χ0v) is 17.7. The maximum Gasteiger partial charge on any atom is 0.163 e. The molecule has 1 fully saturated rings. The van der Waals surface area contributed by atoms with Gasteiger partial charge in [0, 0.05) is 44.5 Å². The molecule has 0 bridgehead atoms. The summed E-state index contributed by atoms with van der Waals surface area (Å²) in [5.41, 5.74) is 3.88. The van der Waals surface area contributed by atoms with Crippen LogP contribution in [0.25, 0.3) is 11.0 Å². The van der Waals surface area contributed by atoms with Gasteiger partial charge >= 0.3 is 0 Å². The first-order valence-electron chi connectivity index (χ1n) is 11.0. The van der Waals surface area contributed by atoms with Gasteiger partial charge in [0.25, 0.3) is 0 Å². The Balaban J connectivity index is 1.08. The summed E-state index contributed by atoms with van der Waals surface area (Å²) in [6, 6.07) is 14.2. The van der Waals surface area contributed by atoms with E-state index in [1.54, 1.807) is 0 Å². The lowest BCUT2D eigenvalue weighted by molar-refractivity contribution is 0.171. The molecule has 160 valence electrons.